The second kappa shape index (κ2) is 5.85. The minimum absolute atomic E-state index is 0.210. The highest BCUT2D eigenvalue weighted by molar-refractivity contribution is 5.89. The highest BCUT2D eigenvalue weighted by atomic mass is 16.5. The van der Waals surface area contributed by atoms with Crippen LogP contribution in [0.5, 0.6) is 0 Å². The number of rotatable bonds is 4. The topological polar surface area (TPSA) is 38.3 Å². The zero-order valence-electron chi connectivity index (χ0n) is 12.1. The quantitative estimate of drug-likeness (QED) is 0.903. The summed E-state index contributed by atoms with van der Waals surface area (Å²) in [5.74, 6) is 0.210. The third kappa shape index (κ3) is 3.23. The number of piperidine rings is 1. The van der Waals surface area contributed by atoms with Crippen molar-refractivity contribution >= 4 is 5.78 Å². The molecule has 1 aromatic rings. The van der Waals surface area contributed by atoms with E-state index in [1.807, 2.05) is 0 Å². The molecule has 0 spiro atoms. The molecule has 2 rings (SSSR count). The van der Waals surface area contributed by atoms with E-state index in [1.54, 1.807) is 7.11 Å². The van der Waals surface area contributed by atoms with Crippen LogP contribution in [0.15, 0.2) is 18.2 Å². The average molecular weight is 261 g/mol. The van der Waals surface area contributed by atoms with Crippen molar-refractivity contribution in [3.8, 4) is 0 Å². The number of carbonyl (C=O) groups excluding carboxylic acids is 1. The van der Waals surface area contributed by atoms with E-state index in [1.165, 1.54) is 11.1 Å². The van der Waals surface area contributed by atoms with Crippen LogP contribution in [0.3, 0.4) is 0 Å². The lowest BCUT2D eigenvalue weighted by atomic mass is 9.84. The van der Waals surface area contributed by atoms with Crippen LogP contribution in [0.1, 0.15) is 29.5 Å². The van der Waals surface area contributed by atoms with Crippen LogP contribution < -0.4 is 5.32 Å². The molecule has 0 bridgehead atoms. The van der Waals surface area contributed by atoms with Gasteiger partial charge in [0.15, 0.2) is 5.78 Å². The fourth-order valence-corrected chi connectivity index (χ4v) is 2.94. The number of Topliss-reactive ketones (excluding diaryl/α,β-unsaturated/α-hetero) is 1. The monoisotopic (exact) mass is 261 g/mol. The van der Waals surface area contributed by atoms with Crippen LogP contribution in [0.4, 0.5) is 0 Å². The number of hydrogen-bond acceptors (Lipinski definition) is 3. The molecule has 3 nitrogen and oxygen atoms in total. The van der Waals surface area contributed by atoms with E-state index < -0.39 is 5.60 Å². The van der Waals surface area contributed by atoms with Gasteiger partial charge in [0.2, 0.25) is 0 Å². The summed E-state index contributed by atoms with van der Waals surface area (Å²) < 4.78 is 5.58. The van der Waals surface area contributed by atoms with Crippen LogP contribution in [-0.2, 0) is 16.0 Å². The molecule has 0 aromatic heterocycles. The SMILES string of the molecule is COC1(C(=O)Cc2cc(C)cc(C)c2)CCNCC1. The van der Waals surface area contributed by atoms with Crippen molar-refractivity contribution in [3.63, 3.8) is 0 Å². The first-order valence-corrected chi connectivity index (χ1v) is 6.92. The number of aryl methyl sites for hydroxylation is 2. The minimum Gasteiger partial charge on any atom is -0.370 e. The minimum atomic E-state index is -0.580. The summed E-state index contributed by atoms with van der Waals surface area (Å²) >= 11 is 0. The predicted molar refractivity (Wildman–Crippen MR) is 76.5 cm³/mol. The fraction of sp³-hybridized carbons (Fsp3) is 0.562. The van der Waals surface area contributed by atoms with Gasteiger partial charge in [-0.25, -0.2) is 0 Å². The molecule has 1 fully saturated rings. The lowest BCUT2D eigenvalue weighted by Crippen LogP contribution is -2.49. The van der Waals surface area contributed by atoms with Crippen LogP contribution in [0.2, 0.25) is 0 Å². The number of ketones is 1. The summed E-state index contributed by atoms with van der Waals surface area (Å²) in [5.41, 5.74) is 2.93. The fourth-order valence-electron chi connectivity index (χ4n) is 2.94. The molecule has 1 heterocycles. The molecular formula is C16H23NO2. The Balaban J connectivity index is 2.14. The molecule has 1 aromatic carbocycles. The van der Waals surface area contributed by atoms with Gasteiger partial charge in [0.25, 0.3) is 0 Å². The molecule has 3 heteroatoms. The summed E-state index contributed by atoms with van der Waals surface area (Å²) in [5, 5.41) is 3.28. The first-order chi connectivity index (χ1) is 9.05. The van der Waals surface area contributed by atoms with E-state index in [2.05, 4.69) is 37.4 Å². The average Bonchev–Trinajstić information content (AvgIpc) is 2.38. The number of methoxy groups -OCH3 is 1. The van der Waals surface area contributed by atoms with Gasteiger partial charge in [0, 0.05) is 13.5 Å². The molecule has 0 amide bonds. The van der Waals surface area contributed by atoms with Crippen molar-refractivity contribution in [1.82, 2.24) is 5.32 Å². The van der Waals surface area contributed by atoms with Crippen molar-refractivity contribution < 1.29 is 9.53 Å². The molecule has 19 heavy (non-hydrogen) atoms. The van der Waals surface area contributed by atoms with Crippen LogP contribution >= 0.6 is 0 Å². The molecule has 0 unspecified atom stereocenters. The lowest BCUT2D eigenvalue weighted by molar-refractivity contribution is -0.143. The molecule has 0 aliphatic carbocycles. The molecule has 1 aliphatic rings. The Kier molecular flexibility index (Phi) is 4.38. The van der Waals surface area contributed by atoms with E-state index in [0.717, 1.165) is 31.5 Å². The van der Waals surface area contributed by atoms with Gasteiger partial charge in [0.1, 0.15) is 5.60 Å². The Bertz CT molecular complexity index is 442. The first-order valence-electron chi connectivity index (χ1n) is 6.92. The highest BCUT2D eigenvalue weighted by Gasteiger charge is 2.38. The maximum atomic E-state index is 12.6. The third-order valence-corrected chi connectivity index (χ3v) is 3.96. The van der Waals surface area contributed by atoms with E-state index in [-0.39, 0.29) is 5.78 Å². The third-order valence-electron chi connectivity index (χ3n) is 3.96. The highest BCUT2D eigenvalue weighted by Crippen LogP contribution is 2.25. The smallest absolute Gasteiger partial charge is 0.169 e. The van der Waals surface area contributed by atoms with Crippen LogP contribution in [0, 0.1) is 13.8 Å². The summed E-state index contributed by atoms with van der Waals surface area (Å²) in [4.78, 5) is 12.6. The van der Waals surface area contributed by atoms with Crippen molar-refractivity contribution in [2.24, 2.45) is 0 Å². The molecule has 0 atom stereocenters. The normalized spacial score (nSPS) is 18.3. The van der Waals surface area contributed by atoms with Gasteiger partial charge in [-0.3, -0.25) is 4.79 Å². The zero-order valence-corrected chi connectivity index (χ0v) is 12.1. The maximum Gasteiger partial charge on any atom is 0.169 e. The van der Waals surface area contributed by atoms with E-state index in [9.17, 15) is 4.79 Å². The number of benzene rings is 1. The molecule has 104 valence electrons. The van der Waals surface area contributed by atoms with Gasteiger partial charge >= 0.3 is 0 Å². The van der Waals surface area contributed by atoms with E-state index >= 15 is 0 Å². The summed E-state index contributed by atoms with van der Waals surface area (Å²) in [6, 6.07) is 6.31. The summed E-state index contributed by atoms with van der Waals surface area (Å²) in [6.07, 6.45) is 2.01. The van der Waals surface area contributed by atoms with Crippen molar-refractivity contribution in [3.05, 3.63) is 34.9 Å². The Labute approximate surface area is 115 Å². The van der Waals surface area contributed by atoms with Crippen molar-refractivity contribution in [2.45, 2.75) is 38.7 Å². The summed E-state index contributed by atoms with van der Waals surface area (Å²) in [6.45, 7) is 5.84. The summed E-state index contributed by atoms with van der Waals surface area (Å²) in [7, 11) is 1.66. The number of ether oxygens (including phenoxy) is 1. The number of nitrogens with one attached hydrogen (secondary N) is 1. The Hall–Kier alpha value is -1.19. The predicted octanol–water partition coefficient (Wildman–Crippen LogP) is 2.18. The first kappa shape index (κ1) is 14.2. The number of carbonyl (C=O) groups is 1. The Morgan fingerprint density at radius 1 is 1.21 bits per heavy atom. The van der Waals surface area contributed by atoms with Crippen molar-refractivity contribution in [1.29, 1.82) is 0 Å². The van der Waals surface area contributed by atoms with Gasteiger partial charge in [-0.15, -0.1) is 0 Å². The zero-order chi connectivity index (χ0) is 13.9. The number of hydrogen-bond donors (Lipinski definition) is 1. The standard InChI is InChI=1S/C16H23NO2/c1-12-8-13(2)10-14(9-12)11-15(18)16(19-3)4-6-17-7-5-16/h8-10,17H,4-7,11H2,1-3H3. The van der Waals surface area contributed by atoms with Gasteiger partial charge < -0.3 is 10.1 Å². The van der Waals surface area contributed by atoms with E-state index in [0.29, 0.717) is 6.42 Å². The molecule has 0 radical (unpaired) electrons. The molecule has 0 saturated carbocycles. The van der Waals surface area contributed by atoms with Gasteiger partial charge in [-0.1, -0.05) is 29.3 Å². The van der Waals surface area contributed by atoms with Crippen LogP contribution in [-0.4, -0.2) is 31.6 Å². The van der Waals surface area contributed by atoms with Gasteiger partial charge in [-0.05, 0) is 45.3 Å². The molecule has 1 saturated heterocycles. The maximum absolute atomic E-state index is 12.6. The Morgan fingerprint density at radius 2 is 1.79 bits per heavy atom. The molecule has 1 N–H and O–H groups in total. The van der Waals surface area contributed by atoms with Gasteiger partial charge in [0.05, 0.1) is 0 Å². The molecular weight excluding hydrogens is 238 g/mol. The second-order valence-corrected chi connectivity index (χ2v) is 5.54. The second-order valence-electron chi connectivity index (χ2n) is 5.54. The van der Waals surface area contributed by atoms with Crippen molar-refractivity contribution in [2.75, 3.05) is 20.2 Å². The van der Waals surface area contributed by atoms with Gasteiger partial charge in [-0.2, -0.15) is 0 Å². The largest absolute Gasteiger partial charge is 0.370 e. The molecule has 1 aliphatic heterocycles. The van der Waals surface area contributed by atoms with E-state index in [4.69, 9.17) is 4.74 Å². The Morgan fingerprint density at radius 3 is 2.32 bits per heavy atom. The van der Waals surface area contributed by atoms with Crippen LogP contribution in [0.25, 0.3) is 0 Å². The lowest BCUT2D eigenvalue weighted by Gasteiger charge is -2.35.